The number of aromatic nitrogens is 3. The highest BCUT2D eigenvalue weighted by Crippen LogP contribution is 2.35. The first-order chi connectivity index (χ1) is 14.8. The first kappa shape index (κ1) is 21.4. The van der Waals surface area contributed by atoms with E-state index in [9.17, 15) is 22.0 Å². The van der Waals surface area contributed by atoms with E-state index in [2.05, 4.69) is 19.7 Å². The normalized spacial score (nSPS) is 14.5. The lowest BCUT2D eigenvalue weighted by molar-refractivity contribution is 0.0985. The van der Waals surface area contributed by atoms with Crippen LogP contribution in [0.2, 0.25) is 0 Å². The van der Waals surface area contributed by atoms with Crippen molar-refractivity contribution in [2.24, 2.45) is 0 Å². The Morgan fingerprint density at radius 2 is 2.06 bits per heavy atom. The topological polar surface area (TPSA) is 105 Å². The number of H-pyrrole nitrogens is 1. The van der Waals surface area contributed by atoms with Gasteiger partial charge < -0.3 is 4.98 Å². The van der Waals surface area contributed by atoms with Crippen LogP contribution in [0.25, 0.3) is 11.2 Å². The van der Waals surface area contributed by atoms with E-state index in [1.54, 1.807) is 13.0 Å². The number of carbonyl (C=O) groups is 1. The predicted molar refractivity (Wildman–Crippen MR) is 113 cm³/mol. The van der Waals surface area contributed by atoms with Gasteiger partial charge in [0.25, 0.3) is 0 Å². The van der Waals surface area contributed by atoms with Crippen molar-refractivity contribution in [2.45, 2.75) is 44.9 Å². The molecule has 1 saturated carbocycles. The number of hydrogen-bond acceptors (Lipinski definition) is 5. The summed E-state index contributed by atoms with van der Waals surface area (Å²) in [5, 5.41) is 0. The predicted octanol–water partition coefficient (Wildman–Crippen LogP) is 4.08. The number of sulfonamides is 1. The minimum atomic E-state index is -3.79. The monoisotopic (exact) mass is 448 g/mol. The van der Waals surface area contributed by atoms with Gasteiger partial charge in [-0.05, 0) is 43.0 Å². The fourth-order valence-electron chi connectivity index (χ4n) is 3.58. The Morgan fingerprint density at radius 1 is 1.29 bits per heavy atom. The Bertz CT molecular complexity index is 1250. The van der Waals surface area contributed by atoms with E-state index >= 15 is 0 Å². The average molecular weight is 448 g/mol. The maximum absolute atomic E-state index is 14.8. The lowest BCUT2D eigenvalue weighted by atomic mass is 9.85. The van der Waals surface area contributed by atoms with Crippen LogP contribution in [0.1, 0.15) is 60.3 Å². The summed E-state index contributed by atoms with van der Waals surface area (Å²) >= 11 is 0. The van der Waals surface area contributed by atoms with Gasteiger partial charge in [-0.1, -0.05) is 13.3 Å². The van der Waals surface area contributed by atoms with E-state index < -0.39 is 38.7 Å². The first-order valence-electron chi connectivity index (χ1n) is 10.1. The number of aromatic amines is 1. The molecular formula is C21H22F2N4O3S. The molecule has 164 valence electrons. The molecule has 1 fully saturated rings. The zero-order valence-electron chi connectivity index (χ0n) is 16.9. The molecule has 0 saturated heterocycles. The van der Waals surface area contributed by atoms with E-state index in [1.165, 1.54) is 12.6 Å². The maximum Gasteiger partial charge on any atom is 0.232 e. The molecule has 0 radical (unpaired) electrons. The largest absolute Gasteiger partial charge is 0.340 e. The van der Waals surface area contributed by atoms with Crippen molar-refractivity contribution >= 4 is 32.7 Å². The van der Waals surface area contributed by atoms with Crippen LogP contribution in [0.15, 0.2) is 24.4 Å². The number of anilines is 1. The summed E-state index contributed by atoms with van der Waals surface area (Å²) in [6, 6.07) is 3.54. The van der Waals surface area contributed by atoms with Gasteiger partial charge in [-0.15, -0.1) is 0 Å². The molecule has 0 unspecified atom stereocenters. The first-order valence-corrected chi connectivity index (χ1v) is 11.8. The number of rotatable bonds is 8. The molecule has 0 aliphatic heterocycles. The summed E-state index contributed by atoms with van der Waals surface area (Å²) in [4.78, 5) is 24.6. The molecule has 31 heavy (non-hydrogen) atoms. The lowest BCUT2D eigenvalue weighted by Gasteiger charge is -2.22. The smallest absolute Gasteiger partial charge is 0.232 e. The van der Waals surface area contributed by atoms with Crippen LogP contribution in [0.5, 0.6) is 0 Å². The number of ketones is 1. The van der Waals surface area contributed by atoms with E-state index in [0.717, 1.165) is 30.8 Å². The summed E-state index contributed by atoms with van der Waals surface area (Å²) in [7, 11) is -3.79. The standard InChI is InChI=1S/C21H22F2N4O3S/c1-2-8-31(29,30)27-15-7-6-14(22)18(19(15)23)17(28)10-12-9-16-21(24-11-12)26-20(25-16)13-4-3-5-13/h6-7,9,11,13,27H,2-5,8,10H2,1H3,(H,24,25,26). The number of benzene rings is 1. The van der Waals surface area contributed by atoms with Gasteiger partial charge in [-0.3, -0.25) is 9.52 Å². The van der Waals surface area contributed by atoms with Crippen molar-refractivity contribution in [1.82, 2.24) is 15.0 Å². The summed E-state index contributed by atoms with van der Waals surface area (Å²) < 4.78 is 55.1. The van der Waals surface area contributed by atoms with Crippen molar-refractivity contribution in [1.29, 1.82) is 0 Å². The number of Topliss-reactive ketones (excluding diaryl/α,β-unsaturated/α-hetero) is 1. The second-order valence-corrected chi connectivity index (χ2v) is 9.61. The van der Waals surface area contributed by atoms with Crippen molar-refractivity contribution in [3.8, 4) is 0 Å². The molecule has 0 spiro atoms. The highest BCUT2D eigenvalue weighted by molar-refractivity contribution is 7.92. The Balaban J connectivity index is 1.58. The van der Waals surface area contributed by atoms with Crippen molar-refractivity contribution in [2.75, 3.05) is 10.5 Å². The zero-order valence-corrected chi connectivity index (χ0v) is 17.7. The van der Waals surface area contributed by atoms with Gasteiger partial charge >= 0.3 is 0 Å². The number of pyridine rings is 1. The van der Waals surface area contributed by atoms with Crippen molar-refractivity contribution in [3.05, 3.63) is 53.0 Å². The van der Waals surface area contributed by atoms with Gasteiger partial charge in [0.15, 0.2) is 17.2 Å². The third-order valence-electron chi connectivity index (χ3n) is 5.38. The number of imidazole rings is 1. The summed E-state index contributed by atoms with van der Waals surface area (Å²) in [6.07, 6.45) is 4.80. The van der Waals surface area contributed by atoms with E-state index in [4.69, 9.17) is 0 Å². The molecule has 4 rings (SSSR count). The highest BCUT2D eigenvalue weighted by Gasteiger charge is 2.25. The van der Waals surface area contributed by atoms with Crippen LogP contribution in [0.4, 0.5) is 14.5 Å². The Labute approximate surface area is 178 Å². The second-order valence-electron chi connectivity index (χ2n) is 7.77. The Kier molecular flexibility index (Phi) is 5.74. The molecule has 10 heteroatoms. The molecule has 1 aliphatic rings. The van der Waals surface area contributed by atoms with Crippen LogP contribution in [-0.4, -0.2) is 34.9 Å². The van der Waals surface area contributed by atoms with Crippen LogP contribution in [-0.2, 0) is 16.4 Å². The van der Waals surface area contributed by atoms with E-state index in [0.29, 0.717) is 29.1 Å². The molecule has 0 amide bonds. The zero-order chi connectivity index (χ0) is 22.2. The molecular weight excluding hydrogens is 426 g/mol. The number of fused-ring (bicyclic) bond motifs is 1. The summed E-state index contributed by atoms with van der Waals surface area (Å²) in [6.45, 7) is 1.66. The number of carbonyl (C=O) groups excluding carboxylic acids is 1. The fraction of sp³-hybridized carbons (Fsp3) is 0.381. The van der Waals surface area contributed by atoms with Crippen molar-refractivity contribution in [3.63, 3.8) is 0 Å². The Hall–Kier alpha value is -2.88. The third kappa shape index (κ3) is 4.43. The Morgan fingerprint density at radius 3 is 2.74 bits per heavy atom. The number of halogens is 2. The van der Waals surface area contributed by atoms with E-state index in [-0.39, 0.29) is 12.2 Å². The van der Waals surface area contributed by atoms with Gasteiger partial charge in [0.05, 0.1) is 22.5 Å². The molecule has 0 bridgehead atoms. The number of hydrogen-bond donors (Lipinski definition) is 2. The number of nitrogens with zero attached hydrogens (tertiary/aromatic N) is 2. The third-order valence-corrected chi connectivity index (χ3v) is 6.85. The molecule has 7 nitrogen and oxygen atoms in total. The van der Waals surface area contributed by atoms with Gasteiger partial charge in [-0.2, -0.15) is 0 Å². The molecule has 2 heterocycles. The second kappa shape index (κ2) is 8.33. The molecule has 3 aromatic rings. The quantitative estimate of drug-likeness (QED) is 0.505. The maximum atomic E-state index is 14.8. The summed E-state index contributed by atoms with van der Waals surface area (Å²) in [5.74, 6) is -2.06. The van der Waals surface area contributed by atoms with Gasteiger partial charge in [0.1, 0.15) is 11.6 Å². The highest BCUT2D eigenvalue weighted by atomic mass is 32.2. The molecule has 2 aromatic heterocycles. The minimum Gasteiger partial charge on any atom is -0.340 e. The molecule has 1 aromatic carbocycles. The van der Waals surface area contributed by atoms with Gasteiger partial charge in [0.2, 0.25) is 10.0 Å². The van der Waals surface area contributed by atoms with Crippen LogP contribution in [0.3, 0.4) is 0 Å². The molecule has 2 N–H and O–H groups in total. The van der Waals surface area contributed by atoms with Gasteiger partial charge in [-0.25, -0.2) is 27.2 Å². The minimum absolute atomic E-state index is 0.216. The average Bonchev–Trinajstić information content (AvgIpc) is 3.05. The fourth-order valence-corrected chi connectivity index (χ4v) is 4.71. The lowest BCUT2D eigenvalue weighted by Crippen LogP contribution is -2.19. The van der Waals surface area contributed by atoms with Crippen LogP contribution < -0.4 is 4.72 Å². The molecule has 0 atom stereocenters. The van der Waals surface area contributed by atoms with Crippen LogP contribution >= 0.6 is 0 Å². The molecule has 1 aliphatic carbocycles. The number of nitrogens with one attached hydrogen (secondary N) is 2. The van der Waals surface area contributed by atoms with Crippen LogP contribution in [0, 0.1) is 11.6 Å². The SMILES string of the molecule is CCCS(=O)(=O)Nc1ccc(F)c(C(=O)Cc2cnc3nc(C4CCC4)[nH]c3c2)c1F. The van der Waals surface area contributed by atoms with Gasteiger partial charge in [0, 0.05) is 18.5 Å². The van der Waals surface area contributed by atoms with Crippen molar-refractivity contribution < 1.29 is 22.0 Å². The summed E-state index contributed by atoms with van der Waals surface area (Å²) in [5.41, 5.74) is 0.427. The van der Waals surface area contributed by atoms with E-state index in [1.807, 2.05) is 0 Å².